The van der Waals surface area contributed by atoms with Gasteiger partial charge in [-0.1, -0.05) is 31.4 Å². The lowest BCUT2D eigenvalue weighted by atomic mass is 9.78. The Kier molecular flexibility index (Phi) is 4.25. The van der Waals surface area contributed by atoms with Gasteiger partial charge in [-0.25, -0.2) is 0 Å². The van der Waals surface area contributed by atoms with Crippen molar-refractivity contribution in [1.82, 2.24) is 14.8 Å². The number of piperazine rings is 1. The maximum Gasteiger partial charge on any atom is 0.270 e. The monoisotopic (exact) mass is 353 g/mol. The molecule has 1 saturated heterocycles. The third-order valence-corrected chi connectivity index (χ3v) is 6.11. The van der Waals surface area contributed by atoms with E-state index in [2.05, 4.69) is 24.0 Å². The second-order valence-electron chi connectivity index (χ2n) is 7.96. The number of aryl methyl sites for hydroxylation is 1. The van der Waals surface area contributed by atoms with Gasteiger partial charge in [-0.15, -0.1) is 0 Å². The van der Waals surface area contributed by atoms with Crippen molar-refractivity contribution in [3.63, 3.8) is 0 Å². The number of nitrogens with zero attached hydrogens (tertiary/aromatic N) is 2. The third-order valence-electron chi connectivity index (χ3n) is 6.11. The van der Waals surface area contributed by atoms with E-state index >= 15 is 0 Å². The average Bonchev–Trinajstić information content (AvgIpc) is 3.04. The highest BCUT2D eigenvalue weighted by Crippen LogP contribution is 2.37. The van der Waals surface area contributed by atoms with E-state index in [4.69, 9.17) is 0 Å². The van der Waals surface area contributed by atoms with Crippen LogP contribution in [0.25, 0.3) is 10.9 Å². The SMILES string of the molecule is CC(=O)N1CCN(C(=O)c2cc3ccc(C)cc3[nH]2)CC12CCCCC2. The molecule has 2 heterocycles. The first kappa shape index (κ1) is 17.1. The van der Waals surface area contributed by atoms with Gasteiger partial charge in [0, 0.05) is 37.5 Å². The van der Waals surface area contributed by atoms with E-state index in [1.807, 2.05) is 21.9 Å². The summed E-state index contributed by atoms with van der Waals surface area (Å²) >= 11 is 0. The number of rotatable bonds is 1. The summed E-state index contributed by atoms with van der Waals surface area (Å²) in [6, 6.07) is 8.13. The summed E-state index contributed by atoms with van der Waals surface area (Å²) in [5.74, 6) is 0.187. The van der Waals surface area contributed by atoms with Crippen LogP contribution in [0.2, 0.25) is 0 Å². The summed E-state index contributed by atoms with van der Waals surface area (Å²) in [5.41, 5.74) is 2.66. The highest BCUT2D eigenvalue weighted by molar-refractivity contribution is 5.98. The third kappa shape index (κ3) is 2.89. The lowest BCUT2D eigenvalue weighted by molar-refractivity contribution is -0.141. The molecule has 0 atom stereocenters. The zero-order valence-electron chi connectivity index (χ0n) is 15.7. The van der Waals surface area contributed by atoms with Gasteiger partial charge in [-0.3, -0.25) is 9.59 Å². The Morgan fingerprint density at radius 1 is 1.08 bits per heavy atom. The van der Waals surface area contributed by atoms with Crippen LogP contribution in [-0.2, 0) is 4.79 Å². The van der Waals surface area contributed by atoms with E-state index in [9.17, 15) is 9.59 Å². The van der Waals surface area contributed by atoms with Gasteiger partial charge in [0.15, 0.2) is 0 Å². The topological polar surface area (TPSA) is 56.4 Å². The van der Waals surface area contributed by atoms with E-state index in [1.165, 1.54) is 12.0 Å². The van der Waals surface area contributed by atoms with Crippen LogP contribution in [0.15, 0.2) is 24.3 Å². The smallest absolute Gasteiger partial charge is 0.270 e. The summed E-state index contributed by atoms with van der Waals surface area (Å²) in [6.45, 7) is 5.61. The zero-order valence-corrected chi connectivity index (χ0v) is 15.7. The zero-order chi connectivity index (χ0) is 18.3. The number of carbonyl (C=O) groups excluding carboxylic acids is 2. The number of hydrogen-bond donors (Lipinski definition) is 1. The number of amides is 2. The molecular weight excluding hydrogens is 326 g/mol. The lowest BCUT2D eigenvalue weighted by Crippen LogP contribution is -2.65. The molecule has 2 aromatic rings. The molecule has 138 valence electrons. The number of aromatic amines is 1. The highest BCUT2D eigenvalue weighted by Gasteiger charge is 2.44. The molecule has 1 aliphatic carbocycles. The molecule has 0 radical (unpaired) electrons. The van der Waals surface area contributed by atoms with Crippen LogP contribution in [0, 0.1) is 6.92 Å². The molecule has 1 spiro atoms. The van der Waals surface area contributed by atoms with Gasteiger partial charge in [0.2, 0.25) is 5.91 Å². The van der Waals surface area contributed by atoms with Gasteiger partial charge in [0.05, 0.1) is 5.54 Å². The van der Waals surface area contributed by atoms with Gasteiger partial charge in [0.1, 0.15) is 5.69 Å². The van der Waals surface area contributed by atoms with Crippen molar-refractivity contribution in [1.29, 1.82) is 0 Å². The molecule has 2 amide bonds. The molecular formula is C21H27N3O2. The van der Waals surface area contributed by atoms with Gasteiger partial charge in [-0.2, -0.15) is 0 Å². The van der Waals surface area contributed by atoms with Crippen molar-refractivity contribution in [3.05, 3.63) is 35.5 Å². The second-order valence-corrected chi connectivity index (χ2v) is 7.96. The summed E-state index contributed by atoms with van der Waals surface area (Å²) in [5, 5.41) is 1.06. The Morgan fingerprint density at radius 3 is 2.58 bits per heavy atom. The number of H-pyrrole nitrogens is 1. The van der Waals surface area contributed by atoms with Crippen molar-refractivity contribution < 1.29 is 9.59 Å². The highest BCUT2D eigenvalue weighted by atomic mass is 16.2. The molecule has 0 unspecified atom stereocenters. The van der Waals surface area contributed by atoms with Crippen LogP contribution in [-0.4, -0.2) is 51.8 Å². The van der Waals surface area contributed by atoms with Crippen molar-refractivity contribution in [2.24, 2.45) is 0 Å². The molecule has 0 bridgehead atoms. The van der Waals surface area contributed by atoms with Gasteiger partial charge >= 0.3 is 0 Å². The van der Waals surface area contributed by atoms with Crippen LogP contribution in [0.1, 0.15) is 55.1 Å². The van der Waals surface area contributed by atoms with E-state index in [-0.39, 0.29) is 17.4 Å². The summed E-state index contributed by atoms with van der Waals surface area (Å²) in [6.07, 6.45) is 5.50. The van der Waals surface area contributed by atoms with Crippen LogP contribution >= 0.6 is 0 Å². The summed E-state index contributed by atoms with van der Waals surface area (Å²) in [7, 11) is 0. The second kappa shape index (κ2) is 6.45. The lowest BCUT2D eigenvalue weighted by Gasteiger charge is -2.52. The van der Waals surface area contributed by atoms with Crippen molar-refractivity contribution in [3.8, 4) is 0 Å². The normalized spacial score (nSPS) is 19.9. The molecule has 26 heavy (non-hydrogen) atoms. The number of aromatic nitrogens is 1. The Hall–Kier alpha value is -2.30. The molecule has 1 N–H and O–H groups in total. The Bertz CT molecular complexity index is 848. The fraction of sp³-hybridized carbons (Fsp3) is 0.524. The summed E-state index contributed by atoms with van der Waals surface area (Å²) in [4.78, 5) is 32.6. The minimum Gasteiger partial charge on any atom is -0.351 e. The summed E-state index contributed by atoms with van der Waals surface area (Å²) < 4.78 is 0. The minimum absolute atomic E-state index is 0.0482. The molecule has 1 aliphatic heterocycles. The van der Waals surface area contributed by atoms with E-state index in [0.29, 0.717) is 25.3 Å². The first-order valence-corrected chi connectivity index (χ1v) is 9.65. The van der Waals surface area contributed by atoms with Crippen molar-refractivity contribution >= 4 is 22.7 Å². The predicted octanol–water partition coefficient (Wildman–Crippen LogP) is 3.48. The quantitative estimate of drug-likeness (QED) is 0.853. The van der Waals surface area contributed by atoms with Crippen LogP contribution in [0.4, 0.5) is 0 Å². The fourth-order valence-corrected chi connectivity index (χ4v) is 4.81. The molecule has 1 aromatic carbocycles. The van der Waals surface area contributed by atoms with E-state index in [1.54, 1.807) is 6.92 Å². The van der Waals surface area contributed by atoms with Crippen LogP contribution in [0.3, 0.4) is 0 Å². The fourth-order valence-electron chi connectivity index (χ4n) is 4.81. The molecule has 5 heteroatoms. The minimum atomic E-state index is -0.166. The molecule has 5 nitrogen and oxygen atoms in total. The number of carbonyl (C=O) groups is 2. The average molecular weight is 353 g/mol. The van der Waals surface area contributed by atoms with Gasteiger partial charge < -0.3 is 14.8 Å². The number of benzene rings is 1. The van der Waals surface area contributed by atoms with Crippen molar-refractivity contribution in [2.45, 2.75) is 51.5 Å². The maximum absolute atomic E-state index is 13.1. The molecule has 2 fully saturated rings. The van der Waals surface area contributed by atoms with Crippen molar-refractivity contribution in [2.75, 3.05) is 19.6 Å². The van der Waals surface area contributed by atoms with Crippen LogP contribution in [0.5, 0.6) is 0 Å². The Labute approximate surface area is 154 Å². The Balaban J connectivity index is 1.60. The molecule has 4 rings (SSSR count). The largest absolute Gasteiger partial charge is 0.351 e. The molecule has 2 aliphatic rings. The number of fused-ring (bicyclic) bond motifs is 1. The van der Waals surface area contributed by atoms with E-state index < -0.39 is 0 Å². The molecule has 1 saturated carbocycles. The maximum atomic E-state index is 13.1. The first-order valence-electron chi connectivity index (χ1n) is 9.65. The molecule has 1 aromatic heterocycles. The standard InChI is InChI=1S/C21H27N3O2/c1-15-6-7-17-13-19(22-18(17)12-15)20(26)23-10-11-24(16(2)25)21(14-23)8-4-3-5-9-21/h6-7,12-13,22H,3-5,8-11,14H2,1-2H3. The van der Waals surface area contributed by atoms with Gasteiger partial charge in [-0.05, 0) is 37.5 Å². The predicted molar refractivity (Wildman–Crippen MR) is 102 cm³/mol. The first-order chi connectivity index (χ1) is 12.5. The number of nitrogens with one attached hydrogen (secondary N) is 1. The number of hydrogen-bond acceptors (Lipinski definition) is 2. The van der Waals surface area contributed by atoms with Crippen LogP contribution < -0.4 is 0 Å². The van der Waals surface area contributed by atoms with Gasteiger partial charge in [0.25, 0.3) is 5.91 Å². The van der Waals surface area contributed by atoms with E-state index in [0.717, 1.165) is 36.6 Å². The Morgan fingerprint density at radius 2 is 1.85 bits per heavy atom.